The summed E-state index contributed by atoms with van der Waals surface area (Å²) in [6.45, 7) is 4.43. The number of nitrogens with one attached hydrogen (secondary N) is 2. The minimum absolute atomic E-state index is 0.104. The monoisotopic (exact) mass is 311 g/mol. The number of likely N-dealkylation sites (tertiary alicyclic amines) is 1. The molecule has 21 heavy (non-hydrogen) atoms. The molecule has 2 saturated heterocycles. The molecule has 2 N–H and O–H groups in total. The van der Waals surface area contributed by atoms with E-state index >= 15 is 0 Å². The summed E-state index contributed by atoms with van der Waals surface area (Å²) in [7, 11) is 0. The first-order valence-electron chi connectivity index (χ1n) is 7.30. The maximum absolute atomic E-state index is 13.0. The third-order valence-corrected chi connectivity index (χ3v) is 4.67. The number of carbonyl (C=O) groups is 1. The van der Waals surface area contributed by atoms with Crippen LogP contribution in [0.1, 0.15) is 6.42 Å². The topological polar surface area (TPSA) is 44.4 Å². The second-order valence-electron chi connectivity index (χ2n) is 5.87. The zero-order valence-corrected chi connectivity index (χ0v) is 12.5. The number of halogens is 2. The molecule has 0 aliphatic carbocycles. The molecule has 2 atom stereocenters. The van der Waals surface area contributed by atoms with Crippen molar-refractivity contribution in [2.24, 2.45) is 11.8 Å². The fraction of sp³-hybridized carbons (Fsp3) is 0.533. The zero-order chi connectivity index (χ0) is 14.8. The first-order chi connectivity index (χ1) is 10.1. The van der Waals surface area contributed by atoms with E-state index in [1.165, 1.54) is 18.2 Å². The van der Waals surface area contributed by atoms with Gasteiger partial charge in [-0.25, -0.2) is 4.39 Å². The van der Waals surface area contributed by atoms with Crippen molar-refractivity contribution in [3.8, 4) is 0 Å². The van der Waals surface area contributed by atoms with Crippen LogP contribution in [0.25, 0.3) is 0 Å². The summed E-state index contributed by atoms with van der Waals surface area (Å²) in [5.41, 5.74) is 0.459. The van der Waals surface area contributed by atoms with Gasteiger partial charge in [0, 0.05) is 6.54 Å². The van der Waals surface area contributed by atoms with Crippen LogP contribution in [0.4, 0.5) is 10.1 Å². The predicted molar refractivity (Wildman–Crippen MR) is 80.9 cm³/mol. The third kappa shape index (κ3) is 3.54. The van der Waals surface area contributed by atoms with E-state index in [0.29, 0.717) is 18.2 Å². The Kier molecular flexibility index (Phi) is 4.42. The normalized spacial score (nSPS) is 25.6. The number of hydrogen-bond acceptors (Lipinski definition) is 3. The van der Waals surface area contributed by atoms with Gasteiger partial charge in [-0.1, -0.05) is 11.6 Å². The van der Waals surface area contributed by atoms with Crippen molar-refractivity contribution in [1.82, 2.24) is 10.2 Å². The van der Waals surface area contributed by atoms with Crippen LogP contribution in [0.15, 0.2) is 18.2 Å². The number of fused-ring (bicyclic) bond motifs is 1. The van der Waals surface area contributed by atoms with Gasteiger partial charge < -0.3 is 10.6 Å². The van der Waals surface area contributed by atoms with Crippen molar-refractivity contribution in [3.05, 3.63) is 29.0 Å². The number of piperidine rings is 1. The molecule has 0 aromatic heterocycles. The Morgan fingerprint density at radius 2 is 2.24 bits per heavy atom. The molecule has 2 fully saturated rings. The van der Waals surface area contributed by atoms with Crippen LogP contribution in [-0.2, 0) is 4.79 Å². The molecule has 4 nitrogen and oxygen atoms in total. The molecule has 1 aromatic carbocycles. The van der Waals surface area contributed by atoms with E-state index in [1.807, 2.05) is 0 Å². The standard InChI is InChI=1S/C15H19ClFN3O/c16-13-5-12(17)1-2-14(13)19-15(21)9-20-4-3-10-6-18-7-11(10)8-20/h1-2,5,10-11,18H,3-4,6-9H2,(H,19,21). The molecule has 3 rings (SSSR count). The first-order valence-corrected chi connectivity index (χ1v) is 7.67. The quantitative estimate of drug-likeness (QED) is 0.897. The molecule has 0 radical (unpaired) electrons. The molecule has 6 heteroatoms. The van der Waals surface area contributed by atoms with Crippen LogP contribution in [0.3, 0.4) is 0 Å². The van der Waals surface area contributed by atoms with Gasteiger partial charge >= 0.3 is 0 Å². The van der Waals surface area contributed by atoms with E-state index in [-0.39, 0.29) is 10.9 Å². The summed E-state index contributed by atoms with van der Waals surface area (Å²) >= 11 is 5.91. The Balaban J connectivity index is 1.54. The summed E-state index contributed by atoms with van der Waals surface area (Å²) in [6, 6.07) is 3.98. The Hall–Kier alpha value is -1.17. The van der Waals surface area contributed by atoms with Gasteiger partial charge in [0.25, 0.3) is 0 Å². The number of rotatable bonds is 3. The highest BCUT2D eigenvalue weighted by atomic mass is 35.5. The summed E-state index contributed by atoms with van der Waals surface area (Å²) in [6.07, 6.45) is 1.14. The summed E-state index contributed by atoms with van der Waals surface area (Å²) in [5, 5.41) is 6.38. The maximum atomic E-state index is 13.0. The fourth-order valence-electron chi connectivity index (χ4n) is 3.24. The molecule has 0 spiro atoms. The van der Waals surface area contributed by atoms with Gasteiger partial charge in [-0.2, -0.15) is 0 Å². The lowest BCUT2D eigenvalue weighted by molar-refractivity contribution is -0.117. The molecular weight excluding hydrogens is 293 g/mol. The van der Waals surface area contributed by atoms with E-state index in [4.69, 9.17) is 11.6 Å². The molecular formula is C15H19ClFN3O. The molecule has 0 bridgehead atoms. The molecule has 2 aliphatic heterocycles. The molecule has 2 aliphatic rings. The molecule has 1 aromatic rings. The van der Waals surface area contributed by atoms with Crippen molar-refractivity contribution in [3.63, 3.8) is 0 Å². The molecule has 2 heterocycles. The van der Waals surface area contributed by atoms with Gasteiger partial charge in [-0.05, 0) is 56.1 Å². The Morgan fingerprint density at radius 1 is 1.43 bits per heavy atom. The van der Waals surface area contributed by atoms with Crippen LogP contribution in [0.5, 0.6) is 0 Å². The summed E-state index contributed by atoms with van der Waals surface area (Å²) in [4.78, 5) is 14.3. The van der Waals surface area contributed by atoms with Crippen LogP contribution >= 0.6 is 11.6 Å². The predicted octanol–water partition coefficient (Wildman–Crippen LogP) is 1.96. The second kappa shape index (κ2) is 6.30. The van der Waals surface area contributed by atoms with E-state index in [1.54, 1.807) is 0 Å². The average Bonchev–Trinajstić information content (AvgIpc) is 2.89. The molecule has 114 valence electrons. The van der Waals surface area contributed by atoms with Crippen molar-refractivity contribution in [1.29, 1.82) is 0 Å². The van der Waals surface area contributed by atoms with Crippen molar-refractivity contribution >= 4 is 23.2 Å². The number of benzene rings is 1. The van der Waals surface area contributed by atoms with Gasteiger partial charge in [-0.3, -0.25) is 9.69 Å². The van der Waals surface area contributed by atoms with Crippen molar-refractivity contribution in [2.75, 3.05) is 38.0 Å². The number of anilines is 1. The van der Waals surface area contributed by atoms with Crippen LogP contribution in [0.2, 0.25) is 5.02 Å². The van der Waals surface area contributed by atoms with Crippen LogP contribution < -0.4 is 10.6 Å². The highest BCUT2D eigenvalue weighted by Crippen LogP contribution is 2.26. The maximum Gasteiger partial charge on any atom is 0.238 e. The highest BCUT2D eigenvalue weighted by molar-refractivity contribution is 6.33. The van der Waals surface area contributed by atoms with E-state index in [0.717, 1.165) is 38.5 Å². The minimum Gasteiger partial charge on any atom is -0.324 e. The first kappa shape index (κ1) is 14.8. The van der Waals surface area contributed by atoms with E-state index in [2.05, 4.69) is 15.5 Å². The largest absolute Gasteiger partial charge is 0.324 e. The lowest BCUT2D eigenvalue weighted by atomic mass is 9.89. The second-order valence-corrected chi connectivity index (χ2v) is 6.28. The van der Waals surface area contributed by atoms with Gasteiger partial charge in [0.05, 0.1) is 17.3 Å². The number of hydrogen-bond donors (Lipinski definition) is 2. The number of nitrogens with zero attached hydrogens (tertiary/aromatic N) is 1. The Bertz CT molecular complexity index is 540. The smallest absolute Gasteiger partial charge is 0.238 e. The van der Waals surface area contributed by atoms with Gasteiger partial charge in [0.2, 0.25) is 5.91 Å². The van der Waals surface area contributed by atoms with Gasteiger partial charge in [0.15, 0.2) is 0 Å². The van der Waals surface area contributed by atoms with Gasteiger partial charge in [-0.15, -0.1) is 0 Å². The molecule has 1 amide bonds. The lowest BCUT2D eigenvalue weighted by Crippen LogP contribution is -2.43. The minimum atomic E-state index is -0.409. The number of amides is 1. The third-order valence-electron chi connectivity index (χ3n) is 4.36. The Morgan fingerprint density at radius 3 is 3.05 bits per heavy atom. The van der Waals surface area contributed by atoms with Crippen molar-refractivity contribution < 1.29 is 9.18 Å². The van der Waals surface area contributed by atoms with Crippen molar-refractivity contribution in [2.45, 2.75) is 6.42 Å². The molecule has 2 unspecified atom stereocenters. The van der Waals surface area contributed by atoms with E-state index < -0.39 is 5.82 Å². The van der Waals surface area contributed by atoms with Crippen LogP contribution in [-0.4, -0.2) is 43.5 Å². The molecule has 0 saturated carbocycles. The number of carbonyl (C=O) groups excluding carboxylic acids is 1. The van der Waals surface area contributed by atoms with Crippen LogP contribution in [0, 0.1) is 17.7 Å². The average molecular weight is 312 g/mol. The van der Waals surface area contributed by atoms with E-state index in [9.17, 15) is 9.18 Å². The lowest BCUT2D eigenvalue weighted by Gasteiger charge is -2.33. The Labute approximate surface area is 128 Å². The highest BCUT2D eigenvalue weighted by Gasteiger charge is 2.33. The van der Waals surface area contributed by atoms with Gasteiger partial charge in [0.1, 0.15) is 5.82 Å². The fourth-order valence-corrected chi connectivity index (χ4v) is 3.45. The summed E-state index contributed by atoms with van der Waals surface area (Å²) < 4.78 is 13.0. The SMILES string of the molecule is O=C(CN1CCC2CNCC2C1)Nc1ccc(F)cc1Cl. The summed E-state index contributed by atoms with van der Waals surface area (Å²) in [5.74, 6) is 0.901. The zero-order valence-electron chi connectivity index (χ0n) is 11.7.